The van der Waals surface area contributed by atoms with Crippen molar-refractivity contribution in [3.8, 4) is 0 Å². The van der Waals surface area contributed by atoms with Gasteiger partial charge in [-0.1, -0.05) is 0 Å². The second-order valence-corrected chi connectivity index (χ2v) is 4.64. The van der Waals surface area contributed by atoms with E-state index in [-0.39, 0.29) is 11.8 Å². The molecule has 1 unspecified atom stereocenters. The van der Waals surface area contributed by atoms with Gasteiger partial charge >= 0.3 is 0 Å². The normalized spacial score (nSPS) is 19.6. The van der Waals surface area contributed by atoms with E-state index in [0.717, 1.165) is 6.42 Å². The van der Waals surface area contributed by atoms with Gasteiger partial charge in [-0.05, 0) is 40.9 Å². The van der Waals surface area contributed by atoms with Gasteiger partial charge in [-0.25, -0.2) is 4.98 Å². The molecule has 1 fully saturated rings. The Bertz CT molecular complexity index is 450. The summed E-state index contributed by atoms with van der Waals surface area (Å²) < 4.78 is 0.596. The first-order valence-corrected chi connectivity index (χ1v) is 6.16. The molecular weight excluding hydrogens is 286 g/mol. The van der Waals surface area contributed by atoms with E-state index in [1.807, 2.05) is 0 Å². The van der Waals surface area contributed by atoms with Gasteiger partial charge in [0.1, 0.15) is 10.6 Å². The number of piperidine rings is 1. The minimum absolute atomic E-state index is 0.113. The monoisotopic (exact) mass is 297 g/mol. The standard InChI is InChI=1S/C11H12BrN3O2/c12-9-6-7(3-5-13-9)10(16)15-8-2-1-4-14-11(8)17/h3,5-6,8H,1-2,4H2,(H,14,17)(H,15,16). The summed E-state index contributed by atoms with van der Waals surface area (Å²) in [5.41, 5.74) is 0.491. The van der Waals surface area contributed by atoms with E-state index in [4.69, 9.17) is 0 Å². The van der Waals surface area contributed by atoms with Crippen LogP contribution in [0.25, 0.3) is 0 Å². The van der Waals surface area contributed by atoms with Crippen LogP contribution in [0, 0.1) is 0 Å². The fraction of sp³-hybridized carbons (Fsp3) is 0.364. The molecule has 2 heterocycles. The maximum Gasteiger partial charge on any atom is 0.252 e. The van der Waals surface area contributed by atoms with Gasteiger partial charge in [0.25, 0.3) is 5.91 Å². The Morgan fingerprint density at radius 3 is 3.12 bits per heavy atom. The van der Waals surface area contributed by atoms with Crippen molar-refractivity contribution in [1.82, 2.24) is 15.6 Å². The van der Waals surface area contributed by atoms with E-state index in [9.17, 15) is 9.59 Å². The molecule has 1 aromatic heterocycles. The molecule has 2 amide bonds. The number of hydrogen-bond donors (Lipinski definition) is 2. The Balaban J connectivity index is 2.03. The number of halogens is 1. The molecule has 2 N–H and O–H groups in total. The molecule has 0 bridgehead atoms. The molecule has 0 radical (unpaired) electrons. The second kappa shape index (κ2) is 5.27. The fourth-order valence-corrected chi connectivity index (χ4v) is 2.06. The molecule has 1 aliphatic rings. The molecule has 1 aromatic rings. The molecule has 0 saturated carbocycles. The fourth-order valence-electron chi connectivity index (χ4n) is 1.70. The molecule has 6 heteroatoms. The van der Waals surface area contributed by atoms with Crippen LogP contribution in [0.4, 0.5) is 0 Å². The lowest BCUT2D eigenvalue weighted by Crippen LogP contribution is -2.50. The summed E-state index contributed by atoms with van der Waals surface area (Å²) in [7, 11) is 0. The van der Waals surface area contributed by atoms with Gasteiger partial charge in [-0.3, -0.25) is 9.59 Å². The van der Waals surface area contributed by atoms with Crippen molar-refractivity contribution < 1.29 is 9.59 Å². The number of nitrogens with one attached hydrogen (secondary N) is 2. The lowest BCUT2D eigenvalue weighted by atomic mass is 10.1. The van der Waals surface area contributed by atoms with Crippen molar-refractivity contribution in [2.24, 2.45) is 0 Å². The van der Waals surface area contributed by atoms with E-state index in [0.29, 0.717) is 23.1 Å². The van der Waals surface area contributed by atoms with Crippen LogP contribution in [0.1, 0.15) is 23.2 Å². The highest BCUT2D eigenvalue weighted by atomic mass is 79.9. The summed E-state index contributed by atoms with van der Waals surface area (Å²) >= 11 is 3.20. The summed E-state index contributed by atoms with van der Waals surface area (Å²) in [6.45, 7) is 0.687. The van der Waals surface area contributed by atoms with Gasteiger partial charge < -0.3 is 10.6 Å². The van der Waals surface area contributed by atoms with Crippen molar-refractivity contribution in [1.29, 1.82) is 0 Å². The summed E-state index contributed by atoms with van der Waals surface area (Å²) in [6.07, 6.45) is 3.11. The van der Waals surface area contributed by atoms with Gasteiger partial charge in [0.05, 0.1) is 0 Å². The van der Waals surface area contributed by atoms with Crippen LogP contribution >= 0.6 is 15.9 Å². The molecule has 2 rings (SSSR count). The lowest BCUT2D eigenvalue weighted by molar-refractivity contribution is -0.124. The second-order valence-electron chi connectivity index (χ2n) is 3.83. The molecule has 1 aliphatic heterocycles. The molecular formula is C11H12BrN3O2. The van der Waals surface area contributed by atoms with Gasteiger partial charge in [-0.15, -0.1) is 0 Å². The highest BCUT2D eigenvalue weighted by molar-refractivity contribution is 9.10. The number of pyridine rings is 1. The first-order chi connectivity index (χ1) is 8.16. The van der Waals surface area contributed by atoms with Crippen LogP contribution in [-0.4, -0.2) is 29.4 Å². The van der Waals surface area contributed by atoms with Crippen molar-refractivity contribution >= 4 is 27.7 Å². The molecule has 0 aromatic carbocycles. The van der Waals surface area contributed by atoms with Crippen LogP contribution in [0.2, 0.25) is 0 Å². The van der Waals surface area contributed by atoms with E-state index in [2.05, 4.69) is 31.5 Å². The zero-order valence-corrected chi connectivity index (χ0v) is 10.7. The summed E-state index contributed by atoms with van der Waals surface area (Å²) in [4.78, 5) is 27.3. The number of carbonyl (C=O) groups is 2. The number of hydrogen-bond acceptors (Lipinski definition) is 3. The topological polar surface area (TPSA) is 71.1 Å². The van der Waals surface area contributed by atoms with Crippen molar-refractivity contribution in [2.75, 3.05) is 6.54 Å². The lowest BCUT2D eigenvalue weighted by Gasteiger charge is -2.22. The molecule has 0 spiro atoms. The maximum atomic E-state index is 11.9. The van der Waals surface area contributed by atoms with Crippen molar-refractivity contribution in [3.63, 3.8) is 0 Å². The van der Waals surface area contributed by atoms with Crippen molar-refractivity contribution in [2.45, 2.75) is 18.9 Å². The Morgan fingerprint density at radius 2 is 2.41 bits per heavy atom. The summed E-state index contributed by atoms with van der Waals surface area (Å²) in [5, 5.41) is 5.44. The zero-order chi connectivity index (χ0) is 12.3. The molecule has 1 saturated heterocycles. The average Bonchev–Trinajstić information content (AvgIpc) is 2.32. The zero-order valence-electron chi connectivity index (χ0n) is 9.07. The number of carbonyl (C=O) groups excluding carboxylic acids is 2. The van der Waals surface area contributed by atoms with E-state index in [1.165, 1.54) is 0 Å². The number of aromatic nitrogens is 1. The quantitative estimate of drug-likeness (QED) is 0.795. The highest BCUT2D eigenvalue weighted by Crippen LogP contribution is 2.09. The minimum Gasteiger partial charge on any atom is -0.354 e. The Morgan fingerprint density at radius 1 is 1.59 bits per heavy atom. The first kappa shape index (κ1) is 12.0. The van der Waals surface area contributed by atoms with Gasteiger partial charge in [0, 0.05) is 18.3 Å². The highest BCUT2D eigenvalue weighted by Gasteiger charge is 2.23. The van der Waals surface area contributed by atoms with Crippen molar-refractivity contribution in [3.05, 3.63) is 28.5 Å². The Hall–Kier alpha value is -1.43. The van der Waals surface area contributed by atoms with Crippen LogP contribution < -0.4 is 10.6 Å². The predicted molar refractivity (Wildman–Crippen MR) is 65.4 cm³/mol. The van der Waals surface area contributed by atoms with Crippen LogP contribution in [0.15, 0.2) is 22.9 Å². The third-order valence-electron chi connectivity index (χ3n) is 2.58. The molecule has 5 nitrogen and oxygen atoms in total. The SMILES string of the molecule is O=C(NC1CCCNC1=O)c1ccnc(Br)c1. The largest absolute Gasteiger partial charge is 0.354 e. The predicted octanol–water partition coefficient (Wildman–Crippen LogP) is 0.852. The molecule has 0 aliphatic carbocycles. The van der Waals surface area contributed by atoms with E-state index >= 15 is 0 Å². The van der Waals surface area contributed by atoms with E-state index in [1.54, 1.807) is 18.3 Å². The van der Waals surface area contributed by atoms with Gasteiger partial charge in [0.15, 0.2) is 0 Å². The maximum absolute atomic E-state index is 11.9. The summed E-state index contributed by atoms with van der Waals surface area (Å²) in [5.74, 6) is -0.368. The Kier molecular flexibility index (Phi) is 3.73. The number of rotatable bonds is 2. The molecule has 1 atom stereocenters. The first-order valence-electron chi connectivity index (χ1n) is 5.37. The molecule has 17 heavy (non-hydrogen) atoms. The van der Waals surface area contributed by atoms with Crippen LogP contribution in [0.5, 0.6) is 0 Å². The third kappa shape index (κ3) is 3.03. The number of nitrogens with zero attached hydrogens (tertiary/aromatic N) is 1. The summed E-state index contributed by atoms with van der Waals surface area (Å²) in [6, 6.07) is 2.81. The average molecular weight is 298 g/mol. The van der Waals surface area contributed by atoms with Crippen LogP contribution in [-0.2, 0) is 4.79 Å². The van der Waals surface area contributed by atoms with Gasteiger partial charge in [0.2, 0.25) is 5.91 Å². The number of amides is 2. The minimum atomic E-state index is -0.428. The third-order valence-corrected chi connectivity index (χ3v) is 3.01. The van der Waals surface area contributed by atoms with Gasteiger partial charge in [-0.2, -0.15) is 0 Å². The van der Waals surface area contributed by atoms with E-state index < -0.39 is 6.04 Å². The Labute approximate surface area is 107 Å². The molecule has 90 valence electrons. The smallest absolute Gasteiger partial charge is 0.252 e. The van der Waals surface area contributed by atoms with Crippen LogP contribution in [0.3, 0.4) is 0 Å².